The second kappa shape index (κ2) is 23.1. The van der Waals surface area contributed by atoms with E-state index in [0.717, 1.165) is 76.3 Å². The lowest BCUT2D eigenvalue weighted by Crippen LogP contribution is -2.52. The Hall–Kier alpha value is -8.32. The maximum atomic E-state index is 15.1. The van der Waals surface area contributed by atoms with E-state index < -0.39 is 17.6 Å². The zero-order chi connectivity index (χ0) is 53.6. The lowest BCUT2D eigenvalue weighted by molar-refractivity contribution is 0.0600. The Morgan fingerprint density at radius 2 is 0.961 bits per heavy atom. The second-order valence-electron chi connectivity index (χ2n) is 19.2. The molecule has 2 aliphatic heterocycles. The molecule has 2 saturated heterocycles. The predicted molar refractivity (Wildman–Crippen MR) is 291 cm³/mol. The number of hydrogen-bond donors (Lipinski definition) is 1. The number of aromatic nitrogens is 4. The monoisotopic (exact) mass is 1030 g/mol. The number of urea groups is 2. The van der Waals surface area contributed by atoms with Crippen LogP contribution in [-0.2, 0) is 31.9 Å². The van der Waals surface area contributed by atoms with Gasteiger partial charge in [0.25, 0.3) is 0 Å². The number of Topliss-reactive ketones (excluding diaryl/α,β-unsaturated/α-hetero) is 1. The Morgan fingerprint density at radius 3 is 1.38 bits per heavy atom. The molecule has 0 spiro atoms. The van der Waals surface area contributed by atoms with Crippen LogP contribution in [0.25, 0.3) is 44.1 Å². The molecule has 0 unspecified atom stereocenters. The summed E-state index contributed by atoms with van der Waals surface area (Å²) in [7, 11) is 9.12. The van der Waals surface area contributed by atoms with Crippen molar-refractivity contribution in [3.05, 3.63) is 168 Å². The van der Waals surface area contributed by atoms with Crippen LogP contribution in [0.15, 0.2) is 134 Å². The van der Waals surface area contributed by atoms with Gasteiger partial charge in [-0.2, -0.15) is 10.2 Å². The number of halogens is 2. The number of amides is 4. The molecular formula is C58H61F2N11O5. The largest absolute Gasteiger partial charge is 0.465 e. The van der Waals surface area contributed by atoms with Gasteiger partial charge < -0.3 is 30.1 Å². The first-order valence-corrected chi connectivity index (χ1v) is 25.1. The summed E-state index contributed by atoms with van der Waals surface area (Å²) >= 11 is 0. The first-order valence-electron chi connectivity index (χ1n) is 25.1. The van der Waals surface area contributed by atoms with Crippen LogP contribution in [0.5, 0.6) is 0 Å². The third kappa shape index (κ3) is 11.6. The van der Waals surface area contributed by atoms with E-state index in [1.165, 1.54) is 25.3 Å². The number of piperazine rings is 2. The van der Waals surface area contributed by atoms with E-state index in [2.05, 4.69) is 32.1 Å². The zero-order valence-electron chi connectivity index (χ0n) is 43.3. The highest BCUT2D eigenvalue weighted by molar-refractivity contribution is 5.98. The Morgan fingerprint density at radius 1 is 0.539 bits per heavy atom. The molecule has 392 valence electrons. The average molecular weight is 1030 g/mol. The highest BCUT2D eigenvalue weighted by atomic mass is 19.1. The SMILES string of the molecule is CN1CCN(C(=O)N(Cc2ccc(C(=O)CN)cc2F)c2cccc(-c3ccc4c(cnn4C)c3)c2)CC1.COC(=O)c1ccc(CN(C(=O)N2CCN(C)CC2)c2cccc(-c3ccc4c(cnn4C)c3)c2)c(F)c1. The van der Waals surface area contributed by atoms with Crippen molar-refractivity contribution in [2.24, 2.45) is 19.8 Å². The van der Waals surface area contributed by atoms with Crippen molar-refractivity contribution in [3.8, 4) is 22.3 Å². The Bertz CT molecular complexity index is 3210. The molecule has 16 nitrogen and oxygen atoms in total. The number of carbonyl (C=O) groups excluding carboxylic acids is 4. The third-order valence-corrected chi connectivity index (χ3v) is 14.2. The lowest BCUT2D eigenvalue weighted by atomic mass is 10.0. The number of nitrogens with zero attached hydrogens (tertiary/aromatic N) is 10. The van der Waals surface area contributed by atoms with E-state index in [0.29, 0.717) is 48.7 Å². The summed E-state index contributed by atoms with van der Waals surface area (Å²) in [5, 5.41) is 10.7. The second-order valence-corrected chi connectivity index (χ2v) is 19.2. The molecule has 4 heterocycles. The van der Waals surface area contributed by atoms with E-state index in [1.807, 2.05) is 123 Å². The van der Waals surface area contributed by atoms with Gasteiger partial charge in [-0.1, -0.05) is 54.6 Å². The topological polar surface area (TPSA) is 159 Å². The molecule has 0 radical (unpaired) electrons. The van der Waals surface area contributed by atoms with Gasteiger partial charge in [-0.3, -0.25) is 24.0 Å². The number of likely N-dealkylation sites (N-methyl/N-ethyl adjacent to an activating group) is 2. The molecule has 2 aliphatic rings. The summed E-state index contributed by atoms with van der Waals surface area (Å²) in [5.41, 5.74) is 13.7. The number of esters is 1. The number of nitrogens with two attached hydrogens (primary N) is 1. The smallest absolute Gasteiger partial charge is 0.337 e. The number of ketones is 1. The van der Waals surface area contributed by atoms with Crippen molar-refractivity contribution in [2.75, 3.05) is 89.9 Å². The first kappa shape index (κ1) is 52.5. The van der Waals surface area contributed by atoms with Crippen LogP contribution >= 0.6 is 0 Å². The van der Waals surface area contributed by atoms with Crippen molar-refractivity contribution in [1.29, 1.82) is 0 Å². The molecule has 0 saturated carbocycles. The van der Waals surface area contributed by atoms with Gasteiger partial charge >= 0.3 is 18.0 Å². The van der Waals surface area contributed by atoms with Gasteiger partial charge in [0.15, 0.2) is 5.78 Å². The van der Waals surface area contributed by atoms with Gasteiger partial charge in [0.2, 0.25) is 0 Å². The zero-order valence-corrected chi connectivity index (χ0v) is 43.3. The average Bonchev–Trinajstić information content (AvgIpc) is 4.03. The number of methoxy groups -OCH3 is 1. The van der Waals surface area contributed by atoms with Gasteiger partial charge in [0.1, 0.15) is 11.6 Å². The molecule has 76 heavy (non-hydrogen) atoms. The molecule has 0 aliphatic carbocycles. The van der Waals surface area contributed by atoms with Crippen LogP contribution in [0.3, 0.4) is 0 Å². The van der Waals surface area contributed by atoms with Crippen molar-refractivity contribution in [2.45, 2.75) is 13.1 Å². The van der Waals surface area contributed by atoms with Crippen molar-refractivity contribution in [3.63, 3.8) is 0 Å². The number of fused-ring (bicyclic) bond motifs is 2. The molecule has 0 bridgehead atoms. The number of anilines is 2. The van der Waals surface area contributed by atoms with Gasteiger partial charge in [-0.25, -0.2) is 23.2 Å². The summed E-state index contributed by atoms with van der Waals surface area (Å²) in [5.74, 6) is -2.06. The molecule has 6 aromatic carbocycles. The molecule has 10 rings (SSSR count). The lowest BCUT2D eigenvalue weighted by Gasteiger charge is -2.36. The molecule has 2 N–H and O–H groups in total. The van der Waals surface area contributed by atoms with E-state index in [-0.39, 0.29) is 48.6 Å². The van der Waals surface area contributed by atoms with Crippen LogP contribution in [0.4, 0.5) is 29.7 Å². The highest BCUT2D eigenvalue weighted by Crippen LogP contribution is 2.32. The Kier molecular flexibility index (Phi) is 15.9. The minimum absolute atomic E-state index is 0.0174. The van der Waals surface area contributed by atoms with Crippen LogP contribution < -0.4 is 15.5 Å². The standard InChI is InChI=1S/C29H31FN6O2.C29H30FN5O3/c1-33-10-12-35(13-11-33)29(38)36(19-23-7-6-22(16-26(23)30)28(37)17-31)25-5-3-4-20(15-25)21-8-9-27-24(14-21)18-32-34(27)2;1-32-11-13-34(14-12-32)29(37)35(19-23-8-7-22(17-26(23)30)28(36)38-3)25-6-4-5-20(16-25)21-9-10-27-24(15-21)18-31-33(27)2/h3-9,14-16,18H,10-13,17,19,31H2,1-2H3;4-10,15-18H,11-14,19H2,1-3H3. The molecule has 2 aromatic heterocycles. The minimum Gasteiger partial charge on any atom is -0.465 e. The first-order chi connectivity index (χ1) is 36.7. The fourth-order valence-corrected chi connectivity index (χ4v) is 9.50. The summed E-state index contributed by atoms with van der Waals surface area (Å²) in [6, 6.07) is 35.8. The minimum atomic E-state index is -0.612. The fourth-order valence-electron chi connectivity index (χ4n) is 9.50. The predicted octanol–water partition coefficient (Wildman–Crippen LogP) is 8.43. The summed E-state index contributed by atoms with van der Waals surface area (Å²) < 4.78 is 38.6. The number of aryl methyl sites for hydroxylation is 2. The Balaban J connectivity index is 0.000000186. The molecular weight excluding hydrogens is 969 g/mol. The number of hydrogen-bond acceptors (Lipinski definition) is 10. The van der Waals surface area contributed by atoms with E-state index in [1.54, 1.807) is 31.7 Å². The van der Waals surface area contributed by atoms with Gasteiger partial charge in [-0.15, -0.1) is 0 Å². The highest BCUT2D eigenvalue weighted by Gasteiger charge is 2.29. The van der Waals surface area contributed by atoms with E-state index in [4.69, 9.17) is 10.5 Å². The third-order valence-electron chi connectivity index (χ3n) is 14.2. The van der Waals surface area contributed by atoms with Crippen LogP contribution in [-0.4, -0.2) is 143 Å². The van der Waals surface area contributed by atoms with Gasteiger partial charge in [-0.05, 0) is 103 Å². The van der Waals surface area contributed by atoms with Crippen LogP contribution in [0, 0.1) is 11.6 Å². The van der Waals surface area contributed by atoms with Crippen molar-refractivity contribution < 1.29 is 32.7 Å². The summed E-state index contributed by atoms with van der Waals surface area (Å²) in [4.78, 5) is 62.6. The van der Waals surface area contributed by atoms with Crippen molar-refractivity contribution >= 4 is 57.0 Å². The fraction of sp³-hybridized carbons (Fsp3) is 0.276. The van der Waals surface area contributed by atoms with Crippen LogP contribution in [0.1, 0.15) is 31.8 Å². The maximum Gasteiger partial charge on any atom is 0.337 e. The normalized spacial score (nSPS) is 14.1. The summed E-state index contributed by atoms with van der Waals surface area (Å²) in [6.45, 7) is 5.31. The van der Waals surface area contributed by atoms with Crippen LogP contribution in [0.2, 0.25) is 0 Å². The van der Waals surface area contributed by atoms with Crippen molar-refractivity contribution in [1.82, 2.24) is 39.2 Å². The number of ether oxygens (including phenoxy) is 1. The van der Waals surface area contributed by atoms with Gasteiger partial charge in [0, 0.05) is 105 Å². The quantitative estimate of drug-likeness (QED) is 0.0985. The van der Waals surface area contributed by atoms with Gasteiger partial charge in [0.05, 0.1) is 55.7 Å². The molecule has 18 heteroatoms. The van der Waals surface area contributed by atoms with E-state index in [9.17, 15) is 19.2 Å². The molecule has 8 aromatic rings. The molecule has 4 amide bonds. The molecule has 2 fully saturated rings. The summed E-state index contributed by atoms with van der Waals surface area (Å²) in [6.07, 6.45) is 3.65. The Labute approximate surface area is 440 Å². The maximum absolute atomic E-state index is 15.1. The number of carbonyl (C=O) groups is 4. The number of rotatable bonds is 11. The van der Waals surface area contributed by atoms with E-state index >= 15 is 8.78 Å². The molecule has 0 atom stereocenters. The number of benzene rings is 6.